The first-order valence-electron chi connectivity index (χ1n) is 12.1. The summed E-state index contributed by atoms with van der Waals surface area (Å²) in [6, 6.07) is 0. The number of hydrogen-bond donors (Lipinski definition) is 0. The molecule has 27 heavy (non-hydrogen) atoms. The molecule has 162 valence electrons. The quantitative estimate of drug-likeness (QED) is 0.134. The predicted molar refractivity (Wildman–Crippen MR) is 124 cm³/mol. The number of rotatable bonds is 22. The van der Waals surface area contributed by atoms with Gasteiger partial charge < -0.3 is 8.85 Å². The highest BCUT2D eigenvalue weighted by Crippen LogP contribution is 2.14. The van der Waals surface area contributed by atoms with E-state index in [0.717, 1.165) is 26.1 Å². The van der Waals surface area contributed by atoms with Crippen molar-refractivity contribution in [2.75, 3.05) is 13.2 Å². The van der Waals surface area contributed by atoms with Gasteiger partial charge >= 0.3 is 8.56 Å². The molecule has 0 bridgehead atoms. The molecule has 0 aliphatic heterocycles. The Hall–Kier alpha value is -0.123. The van der Waals surface area contributed by atoms with Crippen molar-refractivity contribution >= 4 is 8.56 Å². The van der Waals surface area contributed by atoms with Crippen LogP contribution < -0.4 is 0 Å². The molecule has 0 aromatic carbocycles. The largest absolute Gasteiger partial charge is 0.391 e. The van der Waals surface area contributed by atoms with Gasteiger partial charge in [-0.2, -0.15) is 0 Å². The normalized spacial score (nSPS) is 13.6. The number of hydrogen-bond acceptors (Lipinski definition) is 2. The fraction of sp³-hybridized carbons (Fsp3) is 0.917. The maximum atomic E-state index is 6.11. The second-order valence-corrected chi connectivity index (χ2v) is 11.2. The zero-order valence-electron chi connectivity index (χ0n) is 19.0. The molecule has 0 radical (unpaired) electrons. The van der Waals surface area contributed by atoms with E-state index in [1.54, 1.807) is 0 Å². The first-order valence-corrected chi connectivity index (χ1v) is 14.5. The SMILES string of the molecule is C=C[Si](C)(OCCCCCCCCC)OCCCCCCCCCCCC. The predicted octanol–water partition coefficient (Wildman–Crippen LogP) is 8.49. The molecule has 1 unspecified atom stereocenters. The molecule has 1 atom stereocenters. The molecule has 3 heteroatoms. The fourth-order valence-electron chi connectivity index (χ4n) is 3.36. The Morgan fingerprint density at radius 3 is 1.15 bits per heavy atom. The van der Waals surface area contributed by atoms with Crippen LogP contribution in [0.15, 0.2) is 12.3 Å². The van der Waals surface area contributed by atoms with E-state index in [4.69, 9.17) is 8.85 Å². The summed E-state index contributed by atoms with van der Waals surface area (Å²) in [7, 11) is -2.13. The lowest BCUT2D eigenvalue weighted by atomic mass is 10.1. The van der Waals surface area contributed by atoms with Gasteiger partial charge in [-0.05, 0) is 25.1 Å². The lowest BCUT2D eigenvalue weighted by Gasteiger charge is -2.23. The molecule has 0 fully saturated rings. The second kappa shape index (κ2) is 20.6. The van der Waals surface area contributed by atoms with Gasteiger partial charge in [-0.15, -0.1) is 6.58 Å². The van der Waals surface area contributed by atoms with Crippen molar-refractivity contribution in [2.24, 2.45) is 0 Å². The summed E-state index contributed by atoms with van der Waals surface area (Å²) in [6.45, 7) is 12.3. The monoisotopic (exact) mass is 398 g/mol. The van der Waals surface area contributed by atoms with E-state index in [1.165, 1.54) is 96.3 Å². The van der Waals surface area contributed by atoms with Crippen LogP contribution in [0.2, 0.25) is 6.55 Å². The molecule has 0 saturated carbocycles. The second-order valence-electron chi connectivity index (χ2n) is 8.22. The maximum Gasteiger partial charge on any atom is 0.361 e. The van der Waals surface area contributed by atoms with Gasteiger partial charge in [0.25, 0.3) is 0 Å². The summed E-state index contributed by atoms with van der Waals surface area (Å²) >= 11 is 0. The van der Waals surface area contributed by atoms with E-state index in [2.05, 4.69) is 27.0 Å². The average molecular weight is 399 g/mol. The Morgan fingerprint density at radius 1 is 0.556 bits per heavy atom. The summed E-state index contributed by atoms with van der Waals surface area (Å²) in [5.74, 6) is 0. The van der Waals surface area contributed by atoms with Crippen molar-refractivity contribution < 1.29 is 8.85 Å². The molecular formula is C24H50O2Si. The third-order valence-electron chi connectivity index (χ3n) is 5.39. The Labute approximate surface area is 172 Å². The van der Waals surface area contributed by atoms with Crippen molar-refractivity contribution in [1.82, 2.24) is 0 Å². The van der Waals surface area contributed by atoms with Crippen LogP contribution in [-0.4, -0.2) is 21.8 Å². The van der Waals surface area contributed by atoms with Crippen molar-refractivity contribution in [1.29, 1.82) is 0 Å². The molecular weight excluding hydrogens is 348 g/mol. The van der Waals surface area contributed by atoms with Crippen molar-refractivity contribution in [3.05, 3.63) is 12.3 Å². The van der Waals surface area contributed by atoms with Gasteiger partial charge in [0.2, 0.25) is 0 Å². The summed E-state index contributed by atoms with van der Waals surface area (Å²) in [6.07, 6.45) is 22.9. The van der Waals surface area contributed by atoms with Gasteiger partial charge in [0.1, 0.15) is 0 Å². The lowest BCUT2D eigenvalue weighted by molar-refractivity contribution is 0.177. The topological polar surface area (TPSA) is 18.5 Å². The van der Waals surface area contributed by atoms with Crippen LogP contribution in [0.25, 0.3) is 0 Å². The number of unbranched alkanes of at least 4 members (excludes halogenated alkanes) is 15. The van der Waals surface area contributed by atoms with Gasteiger partial charge in [-0.25, -0.2) is 0 Å². The third-order valence-corrected chi connectivity index (χ3v) is 7.69. The van der Waals surface area contributed by atoms with Crippen LogP contribution in [0.5, 0.6) is 0 Å². The van der Waals surface area contributed by atoms with Crippen LogP contribution in [0, 0.1) is 0 Å². The molecule has 0 spiro atoms. The average Bonchev–Trinajstić information content (AvgIpc) is 2.68. The minimum atomic E-state index is -2.13. The highest BCUT2D eigenvalue weighted by molar-refractivity contribution is 6.71. The zero-order valence-corrected chi connectivity index (χ0v) is 20.0. The van der Waals surface area contributed by atoms with Crippen LogP contribution in [-0.2, 0) is 8.85 Å². The first kappa shape index (κ1) is 26.9. The maximum absolute atomic E-state index is 6.11. The van der Waals surface area contributed by atoms with Gasteiger partial charge in [-0.3, -0.25) is 0 Å². The van der Waals surface area contributed by atoms with E-state index in [-0.39, 0.29) is 0 Å². The fourth-order valence-corrected chi connectivity index (χ4v) is 4.78. The van der Waals surface area contributed by atoms with Crippen molar-refractivity contribution in [3.63, 3.8) is 0 Å². The highest BCUT2D eigenvalue weighted by Gasteiger charge is 2.26. The molecule has 0 aromatic heterocycles. The molecule has 0 N–H and O–H groups in total. The van der Waals surface area contributed by atoms with Gasteiger partial charge in [-0.1, -0.05) is 110 Å². The Morgan fingerprint density at radius 2 is 0.852 bits per heavy atom. The Kier molecular flexibility index (Phi) is 20.5. The van der Waals surface area contributed by atoms with Crippen LogP contribution >= 0.6 is 0 Å². The zero-order chi connectivity index (χ0) is 20.1. The molecule has 0 heterocycles. The lowest BCUT2D eigenvalue weighted by Crippen LogP contribution is -2.37. The third kappa shape index (κ3) is 19.0. The summed E-state index contributed by atoms with van der Waals surface area (Å²) in [4.78, 5) is 0. The minimum Gasteiger partial charge on any atom is -0.391 e. The van der Waals surface area contributed by atoms with Gasteiger partial charge in [0, 0.05) is 13.2 Å². The smallest absolute Gasteiger partial charge is 0.361 e. The minimum absolute atomic E-state index is 0.834. The molecule has 0 aliphatic rings. The summed E-state index contributed by atoms with van der Waals surface area (Å²) in [5, 5.41) is 0. The Bertz CT molecular complexity index is 309. The molecule has 0 rings (SSSR count). The van der Waals surface area contributed by atoms with Crippen LogP contribution in [0.4, 0.5) is 0 Å². The van der Waals surface area contributed by atoms with E-state index >= 15 is 0 Å². The van der Waals surface area contributed by atoms with E-state index in [1.807, 2.05) is 5.70 Å². The van der Waals surface area contributed by atoms with E-state index in [9.17, 15) is 0 Å². The van der Waals surface area contributed by atoms with Gasteiger partial charge in [0.15, 0.2) is 0 Å². The highest BCUT2D eigenvalue weighted by atomic mass is 28.4. The molecule has 0 saturated heterocycles. The summed E-state index contributed by atoms with van der Waals surface area (Å²) < 4.78 is 12.2. The molecule has 2 nitrogen and oxygen atoms in total. The van der Waals surface area contributed by atoms with Gasteiger partial charge in [0.05, 0.1) is 0 Å². The van der Waals surface area contributed by atoms with Crippen molar-refractivity contribution in [3.8, 4) is 0 Å². The van der Waals surface area contributed by atoms with Crippen LogP contribution in [0.3, 0.4) is 0 Å². The standard InChI is InChI=1S/C24H50O2Si/c1-5-8-10-12-14-15-16-18-20-22-24-26-27(4,7-3)25-23-21-19-17-13-11-9-6-2/h7H,3,5-6,8-24H2,1-2,4H3. The Balaban J connectivity index is 3.48. The molecule has 0 aliphatic carbocycles. The first-order chi connectivity index (χ1) is 13.2. The van der Waals surface area contributed by atoms with E-state index in [0.29, 0.717) is 0 Å². The summed E-state index contributed by atoms with van der Waals surface area (Å²) in [5.41, 5.74) is 1.95. The molecule has 0 amide bonds. The van der Waals surface area contributed by atoms with Crippen LogP contribution in [0.1, 0.15) is 123 Å². The molecule has 0 aromatic rings. The van der Waals surface area contributed by atoms with Crippen molar-refractivity contribution in [2.45, 2.75) is 130 Å². The van der Waals surface area contributed by atoms with E-state index < -0.39 is 8.56 Å².